The Bertz CT molecular complexity index is 379. The number of hydrogen-bond donors (Lipinski definition) is 0. The first-order valence-corrected chi connectivity index (χ1v) is 6.50. The second kappa shape index (κ2) is 4.11. The molecule has 0 amide bonds. The van der Waals surface area contributed by atoms with Crippen molar-refractivity contribution in [1.29, 1.82) is 0 Å². The van der Waals surface area contributed by atoms with Crippen LogP contribution in [0.3, 0.4) is 0 Å². The molecule has 1 aliphatic rings. The van der Waals surface area contributed by atoms with Crippen LogP contribution in [0.2, 0.25) is 5.02 Å². The molecule has 0 spiro atoms. The normalized spacial score (nSPS) is 20.7. The number of fused-ring (bicyclic) bond motifs is 1. The van der Waals surface area contributed by atoms with E-state index < -0.39 is 0 Å². The fourth-order valence-corrected chi connectivity index (χ4v) is 3.51. The fraction of sp³-hybridized carbons (Fsp3) is 0.400. The van der Waals surface area contributed by atoms with Gasteiger partial charge in [-0.15, -0.1) is 0 Å². The van der Waals surface area contributed by atoms with Gasteiger partial charge in [-0.2, -0.15) is 0 Å². The van der Waals surface area contributed by atoms with E-state index in [1.54, 1.807) is 0 Å². The van der Waals surface area contributed by atoms with E-state index in [2.05, 4.69) is 31.9 Å². The Labute approximate surface area is 104 Å². The minimum Gasteiger partial charge on any atom is -0.207 e. The van der Waals surface area contributed by atoms with Gasteiger partial charge in [0.1, 0.15) is 5.82 Å². The Hall–Kier alpha value is 0.400. The van der Waals surface area contributed by atoms with Gasteiger partial charge in [0, 0.05) is 9.30 Å². The lowest BCUT2D eigenvalue weighted by atomic mass is 9.91. The number of rotatable bonds is 0. The van der Waals surface area contributed by atoms with Crippen LogP contribution in [0.1, 0.15) is 28.8 Å². The third kappa shape index (κ3) is 1.74. The molecule has 1 atom stereocenters. The van der Waals surface area contributed by atoms with Gasteiger partial charge in [0.25, 0.3) is 0 Å². The van der Waals surface area contributed by atoms with Crippen molar-refractivity contribution in [2.24, 2.45) is 0 Å². The molecule has 0 fully saturated rings. The second-order valence-electron chi connectivity index (χ2n) is 3.41. The predicted octanol–water partition coefficient (Wildman–Crippen LogP) is 5.01. The standard InChI is InChI=1S/C10H8Br2ClF/c11-6-3-1-2-5-8(14)4-7(12)10(13)9(5)6/h4,6H,1-3H2. The third-order valence-corrected chi connectivity index (χ3v) is 4.69. The molecule has 0 nitrogen and oxygen atoms in total. The first kappa shape index (κ1) is 10.9. The molecule has 2 rings (SSSR count). The summed E-state index contributed by atoms with van der Waals surface area (Å²) in [6.07, 6.45) is 2.82. The Morgan fingerprint density at radius 2 is 2.21 bits per heavy atom. The number of halogens is 4. The van der Waals surface area contributed by atoms with Crippen LogP contribution in [-0.2, 0) is 6.42 Å². The molecule has 0 saturated heterocycles. The van der Waals surface area contributed by atoms with Gasteiger partial charge >= 0.3 is 0 Å². The topological polar surface area (TPSA) is 0 Å². The molecule has 0 N–H and O–H groups in total. The Morgan fingerprint density at radius 3 is 2.93 bits per heavy atom. The Balaban J connectivity index is 2.67. The highest BCUT2D eigenvalue weighted by molar-refractivity contribution is 9.10. The molecule has 0 bridgehead atoms. The Morgan fingerprint density at radius 1 is 1.50 bits per heavy atom. The molecule has 4 heteroatoms. The summed E-state index contributed by atoms with van der Waals surface area (Å²) in [7, 11) is 0. The second-order valence-corrected chi connectivity index (χ2v) is 5.74. The number of alkyl halides is 1. The summed E-state index contributed by atoms with van der Waals surface area (Å²) in [5.74, 6) is -0.152. The summed E-state index contributed by atoms with van der Waals surface area (Å²) in [4.78, 5) is 0.186. The van der Waals surface area contributed by atoms with E-state index in [1.807, 2.05) is 0 Å². The van der Waals surface area contributed by atoms with Crippen LogP contribution in [0.15, 0.2) is 10.5 Å². The highest BCUT2D eigenvalue weighted by Gasteiger charge is 2.24. The molecule has 1 aromatic rings. The summed E-state index contributed by atoms with van der Waals surface area (Å²) in [6.45, 7) is 0. The predicted molar refractivity (Wildman–Crippen MR) is 63.7 cm³/mol. The van der Waals surface area contributed by atoms with E-state index in [4.69, 9.17) is 11.6 Å². The van der Waals surface area contributed by atoms with Gasteiger partial charge in [0.05, 0.1) is 5.02 Å². The molecule has 0 aliphatic heterocycles. The quantitative estimate of drug-likeness (QED) is 0.459. The lowest BCUT2D eigenvalue weighted by Crippen LogP contribution is -2.08. The molecule has 76 valence electrons. The maximum Gasteiger partial charge on any atom is 0.127 e. The zero-order valence-electron chi connectivity index (χ0n) is 7.29. The van der Waals surface area contributed by atoms with Crippen LogP contribution in [0.25, 0.3) is 0 Å². The number of benzene rings is 1. The van der Waals surface area contributed by atoms with Crippen molar-refractivity contribution in [2.75, 3.05) is 0 Å². The van der Waals surface area contributed by atoms with Crippen molar-refractivity contribution in [3.05, 3.63) is 32.5 Å². The van der Waals surface area contributed by atoms with E-state index in [-0.39, 0.29) is 10.6 Å². The number of hydrogen-bond acceptors (Lipinski definition) is 0. The lowest BCUT2D eigenvalue weighted by Gasteiger charge is -2.23. The third-order valence-electron chi connectivity index (χ3n) is 2.51. The Kier molecular flexibility index (Phi) is 3.20. The van der Waals surface area contributed by atoms with E-state index in [1.165, 1.54) is 6.07 Å². The van der Waals surface area contributed by atoms with Crippen LogP contribution < -0.4 is 0 Å². The zero-order valence-corrected chi connectivity index (χ0v) is 11.2. The minimum atomic E-state index is -0.152. The minimum absolute atomic E-state index is 0.152. The summed E-state index contributed by atoms with van der Waals surface area (Å²) < 4.78 is 14.2. The maximum absolute atomic E-state index is 13.6. The first-order chi connectivity index (χ1) is 6.61. The van der Waals surface area contributed by atoms with Gasteiger partial charge in [-0.25, -0.2) is 4.39 Å². The van der Waals surface area contributed by atoms with Gasteiger partial charge in [-0.3, -0.25) is 0 Å². The van der Waals surface area contributed by atoms with E-state index >= 15 is 0 Å². The highest BCUT2D eigenvalue weighted by atomic mass is 79.9. The van der Waals surface area contributed by atoms with Crippen molar-refractivity contribution in [3.63, 3.8) is 0 Å². The molecule has 1 aliphatic carbocycles. The van der Waals surface area contributed by atoms with Crippen LogP contribution in [0.4, 0.5) is 4.39 Å². The van der Waals surface area contributed by atoms with Crippen molar-refractivity contribution >= 4 is 43.5 Å². The van der Waals surface area contributed by atoms with Crippen LogP contribution in [-0.4, -0.2) is 0 Å². The van der Waals surface area contributed by atoms with Gasteiger partial charge < -0.3 is 0 Å². The van der Waals surface area contributed by atoms with Crippen LogP contribution in [0.5, 0.6) is 0 Å². The van der Waals surface area contributed by atoms with Crippen molar-refractivity contribution in [2.45, 2.75) is 24.1 Å². The van der Waals surface area contributed by atoms with Crippen LogP contribution >= 0.6 is 43.5 Å². The SMILES string of the molecule is Fc1cc(Br)c(Cl)c2c1CCCC2Br. The van der Waals surface area contributed by atoms with Crippen molar-refractivity contribution in [1.82, 2.24) is 0 Å². The summed E-state index contributed by atoms with van der Waals surface area (Å²) in [5, 5.41) is 0.642. The van der Waals surface area contributed by atoms with Gasteiger partial charge in [0.15, 0.2) is 0 Å². The maximum atomic E-state index is 13.6. The van der Waals surface area contributed by atoms with E-state index in [0.717, 1.165) is 30.4 Å². The van der Waals surface area contributed by atoms with Gasteiger partial charge in [0.2, 0.25) is 0 Å². The molecular weight excluding hydrogens is 334 g/mol. The smallest absolute Gasteiger partial charge is 0.127 e. The zero-order chi connectivity index (χ0) is 10.3. The van der Waals surface area contributed by atoms with E-state index in [0.29, 0.717) is 9.50 Å². The molecule has 0 heterocycles. The van der Waals surface area contributed by atoms with Gasteiger partial charge in [-0.05, 0) is 52.4 Å². The molecule has 0 aromatic heterocycles. The monoisotopic (exact) mass is 340 g/mol. The lowest BCUT2D eigenvalue weighted by molar-refractivity contribution is 0.576. The molecule has 1 aromatic carbocycles. The molecule has 0 saturated carbocycles. The highest BCUT2D eigenvalue weighted by Crippen LogP contribution is 2.43. The summed E-state index contributed by atoms with van der Waals surface area (Å²) in [6, 6.07) is 1.45. The van der Waals surface area contributed by atoms with Gasteiger partial charge in [-0.1, -0.05) is 27.5 Å². The molecule has 0 radical (unpaired) electrons. The molecular formula is C10H8Br2ClF. The average molecular weight is 342 g/mol. The molecule has 1 unspecified atom stereocenters. The first-order valence-electron chi connectivity index (χ1n) is 4.41. The largest absolute Gasteiger partial charge is 0.207 e. The van der Waals surface area contributed by atoms with Crippen LogP contribution in [0, 0.1) is 5.82 Å². The van der Waals surface area contributed by atoms with E-state index in [9.17, 15) is 4.39 Å². The summed E-state index contributed by atoms with van der Waals surface area (Å²) >= 11 is 12.9. The summed E-state index contributed by atoms with van der Waals surface area (Å²) in [5.41, 5.74) is 1.69. The average Bonchev–Trinajstić information content (AvgIpc) is 2.14. The molecule has 14 heavy (non-hydrogen) atoms. The van der Waals surface area contributed by atoms with Crippen molar-refractivity contribution < 1.29 is 4.39 Å². The van der Waals surface area contributed by atoms with Crippen molar-refractivity contribution in [3.8, 4) is 0 Å². The fourth-order valence-electron chi connectivity index (χ4n) is 1.83.